The number of thiophene rings is 1. The topological polar surface area (TPSA) is 29.5 Å². The van der Waals surface area contributed by atoms with Gasteiger partial charge in [0.1, 0.15) is 5.75 Å². The molecule has 1 aromatic carbocycles. The summed E-state index contributed by atoms with van der Waals surface area (Å²) in [6.45, 7) is 2.66. The minimum Gasteiger partial charge on any atom is -0.493 e. The van der Waals surface area contributed by atoms with Crippen molar-refractivity contribution < 1.29 is 9.84 Å². The van der Waals surface area contributed by atoms with E-state index in [1.54, 1.807) is 11.3 Å². The van der Waals surface area contributed by atoms with E-state index in [0.29, 0.717) is 6.61 Å². The van der Waals surface area contributed by atoms with E-state index in [0.717, 1.165) is 24.2 Å². The highest BCUT2D eigenvalue weighted by Gasteiger charge is 2.04. The maximum atomic E-state index is 9.68. The molecule has 2 nitrogen and oxygen atoms in total. The molecule has 0 spiro atoms. The molecule has 1 unspecified atom stereocenters. The molecule has 18 heavy (non-hydrogen) atoms. The molecular formula is C15H18O2S. The van der Waals surface area contributed by atoms with E-state index in [1.807, 2.05) is 31.2 Å². The second-order valence-corrected chi connectivity index (χ2v) is 5.00. The first-order valence-electron chi connectivity index (χ1n) is 6.21. The number of benzene rings is 1. The lowest BCUT2D eigenvalue weighted by Crippen LogP contribution is -2.01. The van der Waals surface area contributed by atoms with Crippen LogP contribution in [0.3, 0.4) is 0 Å². The second kappa shape index (κ2) is 6.57. The zero-order valence-electron chi connectivity index (χ0n) is 10.5. The van der Waals surface area contributed by atoms with Crippen molar-refractivity contribution in [2.24, 2.45) is 0 Å². The highest BCUT2D eigenvalue weighted by atomic mass is 32.1. The third-order valence-corrected chi connectivity index (χ3v) is 3.62. The lowest BCUT2D eigenvalue weighted by molar-refractivity contribution is 0.173. The summed E-state index contributed by atoms with van der Waals surface area (Å²) in [5.41, 5.74) is 2.26. The van der Waals surface area contributed by atoms with Crippen LogP contribution in [0.2, 0.25) is 0 Å². The summed E-state index contributed by atoms with van der Waals surface area (Å²) in [5, 5.41) is 13.9. The average Bonchev–Trinajstić information content (AvgIpc) is 2.92. The van der Waals surface area contributed by atoms with Crippen LogP contribution in [0.25, 0.3) is 0 Å². The molecule has 1 heterocycles. The third kappa shape index (κ3) is 3.59. The van der Waals surface area contributed by atoms with Gasteiger partial charge in [0.05, 0.1) is 12.7 Å². The maximum Gasteiger partial charge on any atom is 0.119 e. The summed E-state index contributed by atoms with van der Waals surface area (Å²) in [4.78, 5) is 0. The Kier molecular flexibility index (Phi) is 4.79. The van der Waals surface area contributed by atoms with Crippen molar-refractivity contribution in [2.75, 3.05) is 6.61 Å². The molecule has 0 aliphatic carbocycles. The van der Waals surface area contributed by atoms with Crippen molar-refractivity contribution in [3.8, 4) is 5.75 Å². The zero-order valence-corrected chi connectivity index (χ0v) is 11.3. The van der Waals surface area contributed by atoms with Crippen LogP contribution in [0.4, 0.5) is 0 Å². The molecule has 0 fully saturated rings. The van der Waals surface area contributed by atoms with E-state index in [1.165, 1.54) is 5.56 Å². The number of hydrogen-bond donors (Lipinski definition) is 1. The van der Waals surface area contributed by atoms with Gasteiger partial charge >= 0.3 is 0 Å². The summed E-state index contributed by atoms with van der Waals surface area (Å²) in [6.07, 6.45) is 1.30. The van der Waals surface area contributed by atoms with Crippen LogP contribution in [0.5, 0.6) is 5.75 Å². The van der Waals surface area contributed by atoms with Gasteiger partial charge in [0.2, 0.25) is 0 Å². The van der Waals surface area contributed by atoms with Crippen LogP contribution < -0.4 is 4.74 Å². The maximum absolute atomic E-state index is 9.68. The first-order valence-corrected chi connectivity index (χ1v) is 7.15. The molecule has 1 aromatic heterocycles. The Bertz CT molecular complexity index is 448. The lowest BCUT2D eigenvalue weighted by atomic mass is 10.1. The van der Waals surface area contributed by atoms with Gasteiger partial charge in [-0.3, -0.25) is 0 Å². The van der Waals surface area contributed by atoms with Crippen LogP contribution in [0.15, 0.2) is 41.1 Å². The summed E-state index contributed by atoms with van der Waals surface area (Å²) in [6, 6.07) is 9.81. The van der Waals surface area contributed by atoms with E-state index in [4.69, 9.17) is 4.74 Å². The van der Waals surface area contributed by atoms with Crippen LogP contribution >= 0.6 is 11.3 Å². The smallest absolute Gasteiger partial charge is 0.119 e. The summed E-state index contributed by atoms with van der Waals surface area (Å²) in [5.74, 6) is 0.859. The molecule has 0 radical (unpaired) electrons. The molecule has 0 aliphatic heterocycles. The monoisotopic (exact) mass is 262 g/mol. The Morgan fingerprint density at radius 2 is 2.00 bits per heavy atom. The molecule has 1 N–H and O–H groups in total. The first-order chi connectivity index (χ1) is 8.79. The van der Waals surface area contributed by atoms with E-state index in [9.17, 15) is 5.11 Å². The Labute approximate surface area is 112 Å². The molecule has 0 saturated carbocycles. The normalized spacial score (nSPS) is 12.3. The van der Waals surface area contributed by atoms with Crippen molar-refractivity contribution >= 4 is 11.3 Å². The average molecular weight is 262 g/mol. The SMILES string of the molecule is CCC(O)c1ccc(OCCc2ccsc2)cc1. The standard InChI is InChI=1S/C15H18O2S/c1-2-15(16)13-3-5-14(6-4-13)17-9-7-12-8-10-18-11-12/h3-6,8,10-11,15-16H,2,7,9H2,1H3. The Morgan fingerprint density at radius 3 is 2.61 bits per heavy atom. The van der Waals surface area contributed by atoms with Gasteiger partial charge in [-0.15, -0.1) is 0 Å². The summed E-state index contributed by atoms with van der Waals surface area (Å²) >= 11 is 1.71. The number of ether oxygens (including phenoxy) is 1. The van der Waals surface area contributed by atoms with E-state index < -0.39 is 0 Å². The van der Waals surface area contributed by atoms with Gasteiger partial charge in [-0.05, 0) is 46.5 Å². The molecule has 0 saturated heterocycles. The third-order valence-electron chi connectivity index (χ3n) is 2.89. The van der Waals surface area contributed by atoms with Crippen LogP contribution in [0, 0.1) is 0 Å². The van der Waals surface area contributed by atoms with Gasteiger partial charge in [-0.2, -0.15) is 11.3 Å². The quantitative estimate of drug-likeness (QED) is 0.857. The highest BCUT2D eigenvalue weighted by molar-refractivity contribution is 7.07. The number of hydrogen-bond acceptors (Lipinski definition) is 3. The Morgan fingerprint density at radius 1 is 1.22 bits per heavy atom. The number of rotatable bonds is 6. The molecule has 2 aromatic rings. The van der Waals surface area contributed by atoms with Crippen molar-refractivity contribution in [3.63, 3.8) is 0 Å². The van der Waals surface area contributed by atoms with Crippen molar-refractivity contribution in [1.29, 1.82) is 0 Å². The van der Waals surface area contributed by atoms with E-state index >= 15 is 0 Å². The predicted octanol–water partition coefficient (Wildman–Crippen LogP) is 3.81. The van der Waals surface area contributed by atoms with Gasteiger partial charge in [-0.1, -0.05) is 19.1 Å². The Hall–Kier alpha value is -1.32. The minimum atomic E-state index is -0.371. The van der Waals surface area contributed by atoms with Gasteiger partial charge in [-0.25, -0.2) is 0 Å². The molecule has 0 bridgehead atoms. The zero-order chi connectivity index (χ0) is 12.8. The number of aliphatic hydroxyl groups is 1. The molecule has 96 valence electrons. The van der Waals surface area contributed by atoms with E-state index in [-0.39, 0.29) is 6.10 Å². The van der Waals surface area contributed by atoms with E-state index in [2.05, 4.69) is 16.8 Å². The summed E-state index contributed by atoms with van der Waals surface area (Å²) < 4.78 is 5.67. The predicted molar refractivity (Wildman–Crippen MR) is 75.2 cm³/mol. The first kappa shape index (κ1) is 13.1. The van der Waals surface area contributed by atoms with Crippen molar-refractivity contribution in [1.82, 2.24) is 0 Å². The van der Waals surface area contributed by atoms with Gasteiger partial charge < -0.3 is 9.84 Å². The molecule has 0 amide bonds. The largest absolute Gasteiger partial charge is 0.493 e. The summed E-state index contributed by atoms with van der Waals surface area (Å²) in [7, 11) is 0. The highest BCUT2D eigenvalue weighted by Crippen LogP contribution is 2.20. The van der Waals surface area contributed by atoms with Crippen molar-refractivity contribution in [2.45, 2.75) is 25.9 Å². The molecule has 0 aliphatic rings. The molecule has 1 atom stereocenters. The van der Waals surface area contributed by atoms with Gasteiger partial charge in [0.15, 0.2) is 0 Å². The molecular weight excluding hydrogens is 244 g/mol. The fourth-order valence-corrected chi connectivity index (χ4v) is 2.45. The second-order valence-electron chi connectivity index (χ2n) is 4.22. The van der Waals surface area contributed by atoms with Gasteiger partial charge in [0.25, 0.3) is 0 Å². The van der Waals surface area contributed by atoms with Crippen LogP contribution in [0.1, 0.15) is 30.6 Å². The van der Waals surface area contributed by atoms with Gasteiger partial charge in [0, 0.05) is 6.42 Å². The Balaban J connectivity index is 1.83. The fraction of sp³-hybridized carbons (Fsp3) is 0.333. The molecule has 3 heteroatoms. The fourth-order valence-electron chi connectivity index (χ4n) is 1.74. The minimum absolute atomic E-state index is 0.371. The molecule has 2 rings (SSSR count). The van der Waals surface area contributed by atoms with Crippen LogP contribution in [-0.4, -0.2) is 11.7 Å². The van der Waals surface area contributed by atoms with Crippen LogP contribution in [-0.2, 0) is 6.42 Å². The lowest BCUT2D eigenvalue weighted by Gasteiger charge is -2.10. The van der Waals surface area contributed by atoms with Crippen molar-refractivity contribution in [3.05, 3.63) is 52.2 Å². The number of aliphatic hydroxyl groups excluding tert-OH is 1.